The zero-order valence-electron chi connectivity index (χ0n) is 17.1. The predicted octanol–water partition coefficient (Wildman–Crippen LogP) is 0.853. The van der Waals surface area contributed by atoms with Crippen LogP contribution < -0.4 is 5.32 Å². The van der Waals surface area contributed by atoms with Gasteiger partial charge in [-0.25, -0.2) is 4.98 Å². The number of anilines is 1. The molecule has 6 atom stereocenters. The summed E-state index contributed by atoms with van der Waals surface area (Å²) < 4.78 is 11.5. The van der Waals surface area contributed by atoms with E-state index in [2.05, 4.69) is 29.0 Å². The minimum atomic E-state index is -0.408. The lowest BCUT2D eigenvalue weighted by molar-refractivity contribution is -0.145. The van der Waals surface area contributed by atoms with E-state index in [9.17, 15) is 14.4 Å². The Balaban J connectivity index is 1.17. The molecule has 0 aliphatic carbocycles. The number of imide groups is 1. The molecule has 2 bridgehead atoms. The molecule has 1 aromatic rings. The van der Waals surface area contributed by atoms with E-state index in [0.29, 0.717) is 11.7 Å². The highest BCUT2D eigenvalue weighted by atomic mass is 32.1. The number of likely N-dealkylation sites (tertiary alicyclic amines) is 1. The van der Waals surface area contributed by atoms with Crippen molar-refractivity contribution in [2.45, 2.75) is 57.6 Å². The summed E-state index contributed by atoms with van der Waals surface area (Å²) in [6.07, 6.45) is 1.65. The second kappa shape index (κ2) is 7.67. The van der Waals surface area contributed by atoms with Gasteiger partial charge in [-0.2, -0.15) is 0 Å². The third-order valence-corrected chi connectivity index (χ3v) is 7.16. The van der Waals surface area contributed by atoms with Gasteiger partial charge in [0.15, 0.2) is 5.13 Å². The van der Waals surface area contributed by atoms with Crippen LogP contribution in [0.3, 0.4) is 0 Å². The maximum atomic E-state index is 12.7. The smallest absolute Gasteiger partial charge is 0.246 e. The highest BCUT2D eigenvalue weighted by Crippen LogP contribution is 2.48. The molecule has 1 aromatic heterocycles. The Morgan fingerprint density at radius 3 is 2.40 bits per heavy atom. The van der Waals surface area contributed by atoms with Gasteiger partial charge in [0.25, 0.3) is 0 Å². The fraction of sp³-hybridized carbons (Fsp3) is 0.700. The lowest BCUT2D eigenvalue weighted by Crippen LogP contribution is -2.44. The van der Waals surface area contributed by atoms with Crippen LogP contribution in [0.4, 0.5) is 5.13 Å². The molecular weight excluding hydrogens is 408 g/mol. The van der Waals surface area contributed by atoms with E-state index < -0.39 is 17.7 Å². The number of hydrogen-bond acceptors (Lipinski definition) is 8. The van der Waals surface area contributed by atoms with Crippen molar-refractivity contribution in [1.29, 1.82) is 0 Å². The number of thiazole rings is 1. The molecule has 1 N–H and O–H groups in total. The number of amides is 3. The molecule has 9 nitrogen and oxygen atoms in total. The van der Waals surface area contributed by atoms with Gasteiger partial charge in [0.05, 0.1) is 41.9 Å². The third kappa shape index (κ3) is 3.55. The number of ether oxygens (including phenoxy) is 2. The van der Waals surface area contributed by atoms with Gasteiger partial charge in [0.2, 0.25) is 17.7 Å². The zero-order valence-corrected chi connectivity index (χ0v) is 17.9. The van der Waals surface area contributed by atoms with Crippen LogP contribution in [0.1, 0.15) is 32.4 Å². The number of rotatable bonds is 5. The van der Waals surface area contributed by atoms with Crippen molar-refractivity contribution in [3.8, 4) is 0 Å². The predicted molar refractivity (Wildman–Crippen MR) is 108 cm³/mol. The second-order valence-corrected chi connectivity index (χ2v) is 9.61. The lowest BCUT2D eigenvalue weighted by Gasteiger charge is -2.34. The molecule has 30 heavy (non-hydrogen) atoms. The Bertz CT molecular complexity index is 837. The van der Waals surface area contributed by atoms with E-state index in [0.717, 1.165) is 36.5 Å². The summed E-state index contributed by atoms with van der Waals surface area (Å²) in [5.41, 5.74) is 0.883. The largest absolute Gasteiger partial charge is 0.373 e. The molecule has 4 fully saturated rings. The van der Waals surface area contributed by atoms with E-state index >= 15 is 0 Å². The second-order valence-electron chi connectivity index (χ2n) is 8.75. The van der Waals surface area contributed by atoms with Crippen LogP contribution in [-0.4, -0.2) is 76.6 Å². The van der Waals surface area contributed by atoms with Crippen LogP contribution in [0, 0.1) is 11.8 Å². The SMILES string of the molecule is CC1CN(Cc2csc(NC(=O)CN3C(=O)C4C5CCC(O5)C4C3=O)n2)CC(C)O1. The monoisotopic (exact) mass is 434 g/mol. The van der Waals surface area contributed by atoms with Crippen molar-refractivity contribution in [2.75, 3.05) is 25.0 Å². The first-order chi connectivity index (χ1) is 14.4. The Hall–Kier alpha value is -1.88. The number of fused-ring (bicyclic) bond motifs is 5. The summed E-state index contributed by atoms with van der Waals surface area (Å²) >= 11 is 1.35. The number of morpholine rings is 1. The number of carbonyl (C=O) groups is 3. The minimum absolute atomic E-state index is 0.170. The van der Waals surface area contributed by atoms with Crippen molar-refractivity contribution in [1.82, 2.24) is 14.8 Å². The molecule has 5 rings (SSSR count). The Labute approximate surface area is 178 Å². The molecule has 0 spiro atoms. The number of nitrogens with one attached hydrogen (secondary N) is 1. The van der Waals surface area contributed by atoms with E-state index in [-0.39, 0.29) is 42.8 Å². The van der Waals surface area contributed by atoms with Gasteiger partial charge in [-0.1, -0.05) is 0 Å². The topological polar surface area (TPSA) is 101 Å². The molecule has 10 heteroatoms. The fourth-order valence-corrected chi connectivity index (χ4v) is 6.03. The van der Waals surface area contributed by atoms with Crippen LogP contribution >= 0.6 is 11.3 Å². The zero-order chi connectivity index (χ0) is 21.0. The fourth-order valence-electron chi connectivity index (χ4n) is 5.31. The van der Waals surface area contributed by atoms with Crippen LogP contribution in [0.5, 0.6) is 0 Å². The average molecular weight is 435 g/mol. The average Bonchev–Trinajstić information content (AvgIpc) is 3.43. The molecule has 4 aliphatic rings. The summed E-state index contributed by atoms with van der Waals surface area (Å²) in [4.78, 5) is 45.7. The summed E-state index contributed by atoms with van der Waals surface area (Å²) in [6, 6.07) is 0. The minimum Gasteiger partial charge on any atom is -0.373 e. The molecule has 4 saturated heterocycles. The molecule has 0 radical (unpaired) electrons. The molecule has 6 unspecified atom stereocenters. The normalized spacial score (nSPS) is 35.9. The van der Waals surface area contributed by atoms with Gasteiger partial charge in [-0.15, -0.1) is 11.3 Å². The Morgan fingerprint density at radius 1 is 1.13 bits per heavy atom. The maximum Gasteiger partial charge on any atom is 0.246 e. The van der Waals surface area contributed by atoms with Crippen LogP contribution in [0.15, 0.2) is 5.38 Å². The number of hydrogen-bond donors (Lipinski definition) is 1. The molecule has 0 saturated carbocycles. The molecular formula is C20H26N4O5S. The van der Waals surface area contributed by atoms with Crippen molar-refractivity contribution in [3.05, 3.63) is 11.1 Å². The highest BCUT2D eigenvalue weighted by molar-refractivity contribution is 7.13. The number of carbonyl (C=O) groups excluding carboxylic acids is 3. The first-order valence-electron chi connectivity index (χ1n) is 10.5. The standard InChI is InChI=1S/C20H26N4O5S/c1-10-5-23(6-11(2)28-10)7-12-9-30-20(21-12)22-15(25)8-24-18(26)16-13-3-4-14(29-13)17(16)19(24)27/h9-11,13-14,16-17H,3-8H2,1-2H3,(H,21,22,25). The van der Waals surface area contributed by atoms with Crippen molar-refractivity contribution < 1.29 is 23.9 Å². The summed E-state index contributed by atoms with van der Waals surface area (Å²) in [5.74, 6) is -1.77. The van der Waals surface area contributed by atoms with Crippen molar-refractivity contribution in [3.63, 3.8) is 0 Å². The van der Waals surface area contributed by atoms with Gasteiger partial charge >= 0.3 is 0 Å². The van der Waals surface area contributed by atoms with E-state index in [1.54, 1.807) is 0 Å². The Morgan fingerprint density at radius 2 is 1.77 bits per heavy atom. The lowest BCUT2D eigenvalue weighted by atomic mass is 9.81. The first kappa shape index (κ1) is 20.0. The quantitative estimate of drug-likeness (QED) is 0.686. The van der Waals surface area contributed by atoms with Crippen molar-refractivity contribution >= 4 is 34.2 Å². The molecule has 3 amide bonds. The van der Waals surface area contributed by atoms with Crippen LogP contribution in [-0.2, 0) is 30.4 Å². The van der Waals surface area contributed by atoms with E-state index in [1.165, 1.54) is 11.3 Å². The summed E-state index contributed by atoms with van der Waals surface area (Å²) in [6.45, 7) is 6.23. The molecule has 0 aromatic carbocycles. The Kier molecular flexibility index (Phi) is 5.12. The summed E-state index contributed by atoms with van der Waals surface area (Å²) in [7, 11) is 0. The van der Waals surface area contributed by atoms with Crippen molar-refractivity contribution in [2.24, 2.45) is 11.8 Å². The third-order valence-electron chi connectivity index (χ3n) is 6.36. The van der Waals surface area contributed by atoms with E-state index in [4.69, 9.17) is 9.47 Å². The van der Waals surface area contributed by atoms with Gasteiger partial charge in [0, 0.05) is 25.0 Å². The number of aromatic nitrogens is 1. The van der Waals surface area contributed by atoms with Crippen LogP contribution in [0.2, 0.25) is 0 Å². The maximum absolute atomic E-state index is 12.7. The first-order valence-corrected chi connectivity index (χ1v) is 11.4. The van der Waals surface area contributed by atoms with Crippen LogP contribution in [0.25, 0.3) is 0 Å². The van der Waals surface area contributed by atoms with Gasteiger partial charge in [-0.3, -0.25) is 24.2 Å². The van der Waals surface area contributed by atoms with Gasteiger partial charge in [0.1, 0.15) is 6.54 Å². The molecule has 162 valence electrons. The highest BCUT2D eigenvalue weighted by Gasteiger charge is 2.62. The van der Waals surface area contributed by atoms with E-state index in [1.807, 2.05) is 5.38 Å². The van der Waals surface area contributed by atoms with Gasteiger partial charge < -0.3 is 14.8 Å². The molecule has 5 heterocycles. The summed E-state index contributed by atoms with van der Waals surface area (Å²) in [5, 5.41) is 5.14. The van der Waals surface area contributed by atoms with Gasteiger partial charge in [-0.05, 0) is 26.7 Å². The number of nitrogens with zero attached hydrogens (tertiary/aromatic N) is 3. The molecule has 4 aliphatic heterocycles.